The number of ether oxygens (including phenoxy) is 1. The molecule has 6 heteroatoms. The molecule has 0 aliphatic carbocycles. The molecule has 0 spiro atoms. The summed E-state index contributed by atoms with van der Waals surface area (Å²) in [6, 6.07) is 0. The van der Waals surface area contributed by atoms with Crippen LogP contribution in [0.15, 0.2) is 0 Å². The first-order valence-corrected chi connectivity index (χ1v) is 3.43. The molecular weight excluding hydrogens is 168 g/mol. The number of hydrogen-bond acceptors (Lipinski definition) is 6. The van der Waals surface area contributed by atoms with Crippen LogP contribution in [0.1, 0.15) is 0 Å². The Morgan fingerprint density at radius 2 is 2.08 bits per heavy atom. The van der Waals surface area contributed by atoms with Crippen molar-refractivity contribution in [3.63, 3.8) is 0 Å². The zero-order chi connectivity index (χ0) is 9.30. The molecule has 70 valence electrons. The van der Waals surface area contributed by atoms with Gasteiger partial charge in [-0.15, -0.1) is 0 Å². The van der Waals surface area contributed by atoms with E-state index in [-0.39, 0.29) is 0 Å². The Kier molecular flexibility index (Phi) is 2.63. The number of esters is 1. The normalized spacial score (nSPS) is 38.0. The average molecular weight is 178 g/mol. The highest BCUT2D eigenvalue weighted by Crippen LogP contribution is 2.18. The van der Waals surface area contributed by atoms with Crippen molar-refractivity contribution in [2.75, 3.05) is 6.61 Å². The van der Waals surface area contributed by atoms with E-state index in [1.54, 1.807) is 0 Å². The van der Waals surface area contributed by atoms with E-state index in [4.69, 9.17) is 20.4 Å². The Hall–Kier alpha value is -0.690. The molecule has 12 heavy (non-hydrogen) atoms. The molecule has 1 fully saturated rings. The molecular formula is C6H10O6. The molecule has 0 amide bonds. The molecule has 0 aromatic rings. The highest BCUT2D eigenvalue weighted by molar-refractivity contribution is 5.77. The molecule has 0 aromatic heterocycles. The molecule has 1 rings (SSSR count). The third-order valence-corrected chi connectivity index (χ3v) is 1.72. The maximum atomic E-state index is 10.6. The van der Waals surface area contributed by atoms with Gasteiger partial charge in [-0.1, -0.05) is 0 Å². The van der Waals surface area contributed by atoms with Gasteiger partial charge in [0.2, 0.25) is 0 Å². The van der Waals surface area contributed by atoms with Crippen molar-refractivity contribution in [3.05, 3.63) is 0 Å². The van der Waals surface area contributed by atoms with Crippen molar-refractivity contribution in [3.8, 4) is 0 Å². The van der Waals surface area contributed by atoms with Crippen LogP contribution in [-0.4, -0.2) is 57.4 Å². The molecule has 0 aromatic carbocycles. The predicted octanol–water partition coefficient (Wildman–Crippen LogP) is -3.01. The van der Waals surface area contributed by atoms with Crippen molar-refractivity contribution in [2.24, 2.45) is 0 Å². The lowest BCUT2D eigenvalue weighted by atomic mass is 10.1. The molecule has 4 atom stereocenters. The number of aliphatic hydroxyl groups excluding tert-OH is 4. The minimum Gasteiger partial charge on any atom is -0.455 e. The molecule has 2 unspecified atom stereocenters. The van der Waals surface area contributed by atoms with Crippen LogP contribution < -0.4 is 0 Å². The van der Waals surface area contributed by atoms with Crippen molar-refractivity contribution in [1.82, 2.24) is 0 Å². The fourth-order valence-corrected chi connectivity index (χ4v) is 1.00. The Labute approximate surface area is 68.0 Å². The molecule has 0 saturated carbocycles. The van der Waals surface area contributed by atoms with Crippen LogP contribution >= 0.6 is 0 Å². The van der Waals surface area contributed by atoms with Gasteiger partial charge in [-0.2, -0.15) is 0 Å². The molecule has 1 aliphatic rings. The van der Waals surface area contributed by atoms with Gasteiger partial charge in [0.1, 0.15) is 12.2 Å². The zero-order valence-electron chi connectivity index (χ0n) is 6.12. The molecule has 1 saturated heterocycles. The second-order valence-electron chi connectivity index (χ2n) is 2.59. The summed E-state index contributed by atoms with van der Waals surface area (Å²) in [7, 11) is 0. The van der Waals surface area contributed by atoms with Crippen molar-refractivity contribution >= 4 is 5.97 Å². The van der Waals surface area contributed by atoms with Gasteiger partial charge in [-0.05, 0) is 0 Å². The van der Waals surface area contributed by atoms with Gasteiger partial charge in [0.15, 0.2) is 12.2 Å². The van der Waals surface area contributed by atoms with Crippen molar-refractivity contribution in [2.45, 2.75) is 24.4 Å². The first-order valence-electron chi connectivity index (χ1n) is 3.43. The Bertz CT molecular complexity index is 181. The third kappa shape index (κ3) is 1.42. The summed E-state index contributed by atoms with van der Waals surface area (Å²) >= 11 is 0. The maximum Gasteiger partial charge on any atom is 0.338 e. The van der Waals surface area contributed by atoms with Crippen LogP contribution in [0.3, 0.4) is 0 Å². The minimum atomic E-state index is -1.63. The SMILES string of the molecule is O=C1OC(C(O)CO)[C@H](O)[C@H]1O. The van der Waals surface area contributed by atoms with E-state index >= 15 is 0 Å². The van der Waals surface area contributed by atoms with E-state index in [0.29, 0.717) is 0 Å². The van der Waals surface area contributed by atoms with Crippen LogP contribution in [0.4, 0.5) is 0 Å². The molecule has 4 N–H and O–H groups in total. The van der Waals surface area contributed by atoms with E-state index in [9.17, 15) is 4.79 Å². The topological polar surface area (TPSA) is 107 Å². The lowest BCUT2D eigenvalue weighted by molar-refractivity contribution is -0.151. The number of aliphatic hydroxyl groups is 4. The maximum absolute atomic E-state index is 10.6. The van der Waals surface area contributed by atoms with Gasteiger partial charge < -0.3 is 25.2 Å². The fourth-order valence-electron chi connectivity index (χ4n) is 1.00. The van der Waals surface area contributed by atoms with E-state index in [2.05, 4.69) is 4.74 Å². The summed E-state index contributed by atoms with van der Waals surface area (Å²) in [5, 5.41) is 35.3. The van der Waals surface area contributed by atoms with Crippen molar-refractivity contribution in [1.29, 1.82) is 0 Å². The van der Waals surface area contributed by atoms with Crippen molar-refractivity contribution < 1.29 is 30.0 Å². The molecule has 6 nitrogen and oxygen atoms in total. The number of rotatable bonds is 2. The van der Waals surface area contributed by atoms with Gasteiger partial charge in [-0.3, -0.25) is 0 Å². The zero-order valence-corrected chi connectivity index (χ0v) is 6.12. The van der Waals surface area contributed by atoms with E-state index in [0.717, 1.165) is 0 Å². The van der Waals surface area contributed by atoms with Crippen LogP contribution in [0, 0.1) is 0 Å². The first kappa shape index (κ1) is 9.40. The monoisotopic (exact) mass is 178 g/mol. The quantitative estimate of drug-likeness (QED) is 0.335. The Morgan fingerprint density at radius 1 is 1.50 bits per heavy atom. The van der Waals surface area contributed by atoms with Gasteiger partial charge in [-0.25, -0.2) is 4.79 Å². The third-order valence-electron chi connectivity index (χ3n) is 1.72. The first-order chi connectivity index (χ1) is 5.57. The largest absolute Gasteiger partial charge is 0.455 e. The molecule has 0 radical (unpaired) electrons. The highest BCUT2D eigenvalue weighted by Gasteiger charge is 2.45. The van der Waals surface area contributed by atoms with Crippen LogP contribution in [0.25, 0.3) is 0 Å². The minimum absolute atomic E-state index is 0.637. The summed E-state index contributed by atoms with van der Waals surface area (Å²) in [5.41, 5.74) is 0. The van der Waals surface area contributed by atoms with Gasteiger partial charge >= 0.3 is 5.97 Å². The number of carbonyl (C=O) groups excluding carboxylic acids is 1. The smallest absolute Gasteiger partial charge is 0.338 e. The number of carbonyl (C=O) groups is 1. The summed E-state index contributed by atoms with van der Waals surface area (Å²) in [6.45, 7) is -0.637. The summed E-state index contributed by atoms with van der Waals surface area (Å²) in [4.78, 5) is 10.6. The Balaban J connectivity index is 2.64. The van der Waals surface area contributed by atoms with Gasteiger partial charge in [0, 0.05) is 0 Å². The van der Waals surface area contributed by atoms with Crippen LogP contribution in [0.2, 0.25) is 0 Å². The predicted molar refractivity (Wildman–Crippen MR) is 35.0 cm³/mol. The molecule has 0 bridgehead atoms. The summed E-state index contributed by atoms with van der Waals surface area (Å²) in [6.07, 6.45) is -5.70. The van der Waals surface area contributed by atoms with Crippen LogP contribution in [-0.2, 0) is 9.53 Å². The standard InChI is InChI=1S/C6H10O6/c7-1-2(8)5-3(9)4(10)6(11)12-5/h2-5,7-10H,1H2/t2?,3-,4-,5?/m1/s1. The fraction of sp³-hybridized carbons (Fsp3) is 0.833. The average Bonchev–Trinajstić information content (AvgIpc) is 2.32. The van der Waals surface area contributed by atoms with E-state index < -0.39 is 37.0 Å². The number of cyclic esters (lactones) is 1. The van der Waals surface area contributed by atoms with Gasteiger partial charge in [0.25, 0.3) is 0 Å². The summed E-state index contributed by atoms with van der Waals surface area (Å²) in [5.74, 6) is -0.986. The highest BCUT2D eigenvalue weighted by atomic mass is 16.6. The number of hydrogen-bond donors (Lipinski definition) is 4. The van der Waals surface area contributed by atoms with E-state index in [1.165, 1.54) is 0 Å². The lowest BCUT2D eigenvalue weighted by Crippen LogP contribution is -2.40. The van der Waals surface area contributed by atoms with Gasteiger partial charge in [0.05, 0.1) is 6.61 Å². The second-order valence-corrected chi connectivity index (χ2v) is 2.59. The van der Waals surface area contributed by atoms with Crippen LogP contribution in [0.5, 0.6) is 0 Å². The molecule has 1 heterocycles. The Morgan fingerprint density at radius 3 is 2.42 bits per heavy atom. The van der Waals surface area contributed by atoms with E-state index in [1.807, 2.05) is 0 Å². The second kappa shape index (κ2) is 3.36. The summed E-state index contributed by atoms with van der Waals surface area (Å²) < 4.78 is 4.39. The molecule has 1 aliphatic heterocycles. The lowest BCUT2D eigenvalue weighted by Gasteiger charge is -2.17.